The Hall–Kier alpha value is -0.720. The van der Waals surface area contributed by atoms with Gasteiger partial charge in [0.2, 0.25) is 10.0 Å². The molecule has 2 rings (SSSR count). The molecule has 1 aliphatic heterocycles. The maximum atomic E-state index is 12.6. The third-order valence-corrected chi connectivity index (χ3v) is 6.68. The fourth-order valence-electron chi connectivity index (χ4n) is 2.09. The van der Waals surface area contributed by atoms with E-state index in [1.165, 1.54) is 0 Å². The predicted octanol–water partition coefficient (Wildman–Crippen LogP) is 2.09. The number of hydrogen-bond donors (Lipinski definition) is 1. The molecule has 1 aromatic rings. The molecule has 1 unspecified atom stereocenters. The molecule has 106 valence electrons. The maximum absolute atomic E-state index is 12.6. The molecule has 0 saturated carbocycles. The van der Waals surface area contributed by atoms with Gasteiger partial charge in [0.1, 0.15) is 0 Å². The molecule has 1 atom stereocenters. The lowest BCUT2D eigenvalue weighted by Gasteiger charge is -2.31. The number of nitrogens with two attached hydrogens (primary N) is 1. The fourth-order valence-corrected chi connectivity index (χ4v) is 5.00. The number of nitrogen functional groups attached to an aromatic ring is 1. The van der Waals surface area contributed by atoms with Crippen LogP contribution in [0.2, 0.25) is 0 Å². The van der Waals surface area contributed by atoms with Gasteiger partial charge in [0.05, 0.1) is 4.90 Å². The van der Waals surface area contributed by atoms with E-state index >= 15 is 0 Å². The van der Waals surface area contributed by atoms with Gasteiger partial charge in [-0.15, -0.1) is 0 Å². The van der Waals surface area contributed by atoms with Gasteiger partial charge in [-0.25, -0.2) is 8.42 Å². The lowest BCUT2D eigenvalue weighted by atomic mass is 10.2. The van der Waals surface area contributed by atoms with Crippen molar-refractivity contribution in [2.45, 2.75) is 30.4 Å². The molecule has 0 aliphatic carbocycles. The molecular weight excluding hydrogens is 280 g/mol. The summed E-state index contributed by atoms with van der Waals surface area (Å²) >= 11 is 1.85. The van der Waals surface area contributed by atoms with Crippen molar-refractivity contribution >= 4 is 27.5 Å². The molecule has 6 heteroatoms. The summed E-state index contributed by atoms with van der Waals surface area (Å²) in [6, 6.07) is 4.97. The predicted molar refractivity (Wildman–Crippen MR) is 80.9 cm³/mol. The monoisotopic (exact) mass is 300 g/mol. The van der Waals surface area contributed by atoms with Crippen molar-refractivity contribution in [1.82, 2.24) is 4.31 Å². The zero-order chi connectivity index (χ0) is 14.0. The van der Waals surface area contributed by atoms with Crippen LogP contribution in [0.15, 0.2) is 23.1 Å². The highest BCUT2D eigenvalue weighted by Crippen LogP contribution is 2.27. The lowest BCUT2D eigenvalue weighted by molar-refractivity contribution is 0.416. The highest BCUT2D eigenvalue weighted by Gasteiger charge is 2.30. The van der Waals surface area contributed by atoms with Crippen molar-refractivity contribution in [2.24, 2.45) is 0 Å². The third-order valence-electron chi connectivity index (χ3n) is 3.45. The van der Waals surface area contributed by atoms with Crippen LogP contribution in [0, 0.1) is 6.92 Å². The van der Waals surface area contributed by atoms with Crippen molar-refractivity contribution in [3.8, 4) is 0 Å². The zero-order valence-corrected chi connectivity index (χ0v) is 12.9. The molecule has 4 nitrogen and oxygen atoms in total. The molecule has 1 fully saturated rings. The first-order chi connectivity index (χ1) is 8.95. The Labute approximate surface area is 119 Å². The number of nitrogens with zero attached hydrogens (tertiary/aromatic N) is 1. The Bertz CT molecular complexity index is 558. The summed E-state index contributed by atoms with van der Waals surface area (Å²) in [5.74, 6) is 0.860. The van der Waals surface area contributed by atoms with E-state index in [4.69, 9.17) is 5.73 Å². The average Bonchev–Trinajstić information content (AvgIpc) is 2.41. The van der Waals surface area contributed by atoms with Crippen LogP contribution in [0.25, 0.3) is 0 Å². The van der Waals surface area contributed by atoms with Gasteiger partial charge in [-0.1, -0.05) is 13.0 Å². The molecule has 0 amide bonds. The summed E-state index contributed by atoms with van der Waals surface area (Å²) in [7, 11) is -3.40. The normalized spacial score (nSPS) is 21.5. The van der Waals surface area contributed by atoms with Crippen LogP contribution in [0.1, 0.15) is 18.9 Å². The van der Waals surface area contributed by atoms with Crippen molar-refractivity contribution in [2.75, 3.05) is 24.6 Å². The molecule has 1 heterocycles. The second-order valence-electron chi connectivity index (χ2n) is 4.78. The molecular formula is C13H20N2O2S2. The highest BCUT2D eigenvalue weighted by molar-refractivity contribution is 8.00. The number of hydrogen-bond acceptors (Lipinski definition) is 4. The van der Waals surface area contributed by atoms with E-state index in [0.717, 1.165) is 17.7 Å². The van der Waals surface area contributed by atoms with Crippen molar-refractivity contribution in [3.05, 3.63) is 23.8 Å². The minimum Gasteiger partial charge on any atom is -0.398 e. The first-order valence-corrected chi connectivity index (χ1v) is 8.92. The third kappa shape index (κ3) is 3.07. The SMILES string of the molecule is CCC1CN(S(=O)(=O)c2ccc(C)c(N)c2)CCS1. The topological polar surface area (TPSA) is 63.4 Å². The Kier molecular flexibility index (Phi) is 4.43. The average molecular weight is 300 g/mol. The minimum atomic E-state index is -3.40. The van der Waals surface area contributed by atoms with Gasteiger partial charge in [-0.2, -0.15) is 16.1 Å². The number of rotatable bonds is 3. The molecule has 1 saturated heterocycles. The van der Waals surface area contributed by atoms with Crippen molar-refractivity contribution in [3.63, 3.8) is 0 Å². The molecule has 2 N–H and O–H groups in total. The molecule has 0 spiro atoms. The van der Waals surface area contributed by atoms with Crippen molar-refractivity contribution < 1.29 is 8.42 Å². The zero-order valence-electron chi connectivity index (χ0n) is 11.3. The minimum absolute atomic E-state index is 0.303. The summed E-state index contributed by atoms with van der Waals surface area (Å²) < 4.78 is 26.7. The largest absolute Gasteiger partial charge is 0.398 e. The number of aryl methyl sites for hydroxylation is 1. The Morgan fingerprint density at radius 2 is 2.21 bits per heavy atom. The van der Waals surface area contributed by atoms with E-state index in [-0.39, 0.29) is 0 Å². The van der Waals surface area contributed by atoms with Crippen LogP contribution < -0.4 is 5.73 Å². The first kappa shape index (κ1) is 14.7. The van der Waals surface area contributed by atoms with Gasteiger partial charge in [-0.3, -0.25) is 0 Å². The molecule has 0 aromatic heterocycles. The number of sulfonamides is 1. The Balaban J connectivity index is 2.28. The van der Waals surface area contributed by atoms with Gasteiger partial charge in [0.25, 0.3) is 0 Å². The van der Waals surface area contributed by atoms with Crippen LogP contribution in [0.5, 0.6) is 0 Å². The molecule has 19 heavy (non-hydrogen) atoms. The van der Waals surface area contributed by atoms with E-state index in [2.05, 4.69) is 6.92 Å². The van der Waals surface area contributed by atoms with Gasteiger partial charge >= 0.3 is 0 Å². The number of anilines is 1. The van der Waals surface area contributed by atoms with Gasteiger partial charge in [0.15, 0.2) is 0 Å². The van der Waals surface area contributed by atoms with Crippen LogP contribution >= 0.6 is 11.8 Å². The quantitative estimate of drug-likeness (QED) is 0.868. The molecule has 0 radical (unpaired) electrons. The summed E-state index contributed by atoms with van der Waals surface area (Å²) in [5, 5.41) is 0.395. The van der Waals surface area contributed by atoms with E-state index < -0.39 is 10.0 Å². The van der Waals surface area contributed by atoms with E-state index in [1.807, 2.05) is 18.7 Å². The maximum Gasteiger partial charge on any atom is 0.243 e. The van der Waals surface area contributed by atoms with Crippen LogP contribution in [-0.4, -0.2) is 36.8 Å². The van der Waals surface area contributed by atoms with Crippen LogP contribution in [0.3, 0.4) is 0 Å². The summed E-state index contributed by atoms with van der Waals surface area (Å²) in [6.07, 6.45) is 0.993. The summed E-state index contributed by atoms with van der Waals surface area (Å²) in [6.45, 7) is 5.14. The van der Waals surface area contributed by atoms with Gasteiger partial charge < -0.3 is 5.73 Å². The van der Waals surface area contributed by atoms with E-state index in [9.17, 15) is 8.42 Å². The van der Waals surface area contributed by atoms with E-state index in [1.54, 1.807) is 22.5 Å². The highest BCUT2D eigenvalue weighted by atomic mass is 32.2. The van der Waals surface area contributed by atoms with Crippen LogP contribution in [-0.2, 0) is 10.0 Å². The van der Waals surface area contributed by atoms with E-state index in [0.29, 0.717) is 28.9 Å². The number of benzene rings is 1. The summed E-state index contributed by atoms with van der Waals surface area (Å²) in [4.78, 5) is 0.303. The molecule has 0 bridgehead atoms. The second-order valence-corrected chi connectivity index (χ2v) is 8.13. The molecule has 1 aliphatic rings. The van der Waals surface area contributed by atoms with Crippen LogP contribution in [0.4, 0.5) is 5.69 Å². The number of thioether (sulfide) groups is 1. The lowest BCUT2D eigenvalue weighted by Crippen LogP contribution is -2.41. The smallest absolute Gasteiger partial charge is 0.243 e. The standard InChI is InChI=1S/C13H20N2O2S2/c1-3-11-9-15(6-7-18-11)19(16,17)12-5-4-10(2)13(14)8-12/h4-5,8,11H,3,6-7,9,14H2,1-2H3. The first-order valence-electron chi connectivity index (χ1n) is 6.43. The fraction of sp³-hybridized carbons (Fsp3) is 0.538. The second kappa shape index (κ2) is 5.73. The van der Waals surface area contributed by atoms with Gasteiger partial charge in [0, 0.05) is 29.8 Å². The van der Waals surface area contributed by atoms with Crippen molar-refractivity contribution in [1.29, 1.82) is 0 Å². The summed E-state index contributed by atoms with van der Waals surface area (Å²) in [5.41, 5.74) is 7.24. The molecule has 1 aromatic carbocycles. The van der Waals surface area contributed by atoms with Gasteiger partial charge in [-0.05, 0) is 31.0 Å². The Morgan fingerprint density at radius 3 is 2.84 bits per heavy atom. The Morgan fingerprint density at radius 1 is 1.47 bits per heavy atom.